The number of amides is 2. The van der Waals surface area contributed by atoms with Crippen LogP contribution in [0, 0.1) is 0 Å². The molecule has 2 aliphatic heterocycles. The summed E-state index contributed by atoms with van der Waals surface area (Å²) in [4.78, 5) is 38.8. The van der Waals surface area contributed by atoms with Crippen molar-refractivity contribution in [1.29, 1.82) is 0 Å². The summed E-state index contributed by atoms with van der Waals surface area (Å²) >= 11 is 0. The average molecular weight is 449 g/mol. The minimum absolute atomic E-state index is 0.0756. The average Bonchev–Trinajstić information content (AvgIpc) is 3.62. The molecular formula is C23H26N7O3+. The number of nitrogens with zero attached hydrogens (tertiary/aromatic N) is 5. The Labute approximate surface area is 191 Å². The summed E-state index contributed by atoms with van der Waals surface area (Å²) in [6.07, 6.45) is 3.54. The fraction of sp³-hybridized carbons (Fsp3) is 0.391. The topological polar surface area (TPSA) is 126 Å². The number of carbonyl (C=O) groups excluding carboxylic acids is 2. The molecule has 10 heteroatoms. The number of fused-ring (bicyclic) bond motifs is 2. The molecule has 0 bridgehead atoms. The van der Waals surface area contributed by atoms with Gasteiger partial charge in [-0.2, -0.15) is 4.58 Å². The molecule has 1 saturated carbocycles. The van der Waals surface area contributed by atoms with Gasteiger partial charge in [-0.15, -0.1) is 0 Å². The van der Waals surface area contributed by atoms with E-state index < -0.39 is 5.91 Å². The van der Waals surface area contributed by atoms with Crippen LogP contribution in [-0.4, -0.2) is 75.0 Å². The number of hydrogen-bond donors (Lipinski definition) is 2. The maximum absolute atomic E-state index is 11.9. The molecule has 5 rings (SSSR count). The van der Waals surface area contributed by atoms with Crippen LogP contribution in [0.25, 0.3) is 0 Å². The van der Waals surface area contributed by atoms with E-state index in [1.807, 2.05) is 30.0 Å². The van der Waals surface area contributed by atoms with E-state index in [1.54, 1.807) is 6.92 Å². The predicted octanol–water partition coefficient (Wildman–Crippen LogP) is 1.63. The third-order valence-electron chi connectivity index (χ3n) is 6.01. The molecule has 0 saturated heterocycles. The second-order valence-corrected chi connectivity index (χ2v) is 8.52. The molecule has 3 N–H and O–H groups in total. The Hall–Kier alpha value is -3.82. The predicted molar refractivity (Wildman–Crippen MR) is 123 cm³/mol. The van der Waals surface area contributed by atoms with E-state index >= 15 is 0 Å². The second kappa shape index (κ2) is 8.27. The molecule has 3 heterocycles. The molecular weight excluding hydrogens is 422 g/mol. The Kier molecular flexibility index (Phi) is 5.27. The maximum atomic E-state index is 11.9. The number of rotatable bonds is 5. The third kappa shape index (κ3) is 4.28. The van der Waals surface area contributed by atoms with Gasteiger partial charge in [-0.3, -0.25) is 14.6 Å². The first-order chi connectivity index (χ1) is 15.9. The first-order valence-electron chi connectivity index (χ1n) is 11.0. The quantitative estimate of drug-likeness (QED) is 0.529. The van der Waals surface area contributed by atoms with Crippen molar-refractivity contribution in [1.82, 2.24) is 14.9 Å². The van der Waals surface area contributed by atoms with Crippen LogP contribution in [-0.2, 0) is 4.79 Å². The van der Waals surface area contributed by atoms with Crippen LogP contribution in [0.5, 0.6) is 5.75 Å². The lowest BCUT2D eigenvalue weighted by Gasteiger charge is -2.28. The van der Waals surface area contributed by atoms with E-state index in [1.165, 1.54) is 6.20 Å². The molecule has 10 nitrogen and oxygen atoms in total. The molecule has 0 atom stereocenters. The molecule has 1 aliphatic carbocycles. The van der Waals surface area contributed by atoms with Crippen molar-refractivity contribution in [3.8, 4) is 5.75 Å². The van der Waals surface area contributed by atoms with Crippen molar-refractivity contribution < 1.29 is 18.9 Å². The highest BCUT2D eigenvalue weighted by Crippen LogP contribution is 2.34. The molecule has 33 heavy (non-hydrogen) atoms. The Morgan fingerprint density at radius 3 is 2.85 bits per heavy atom. The van der Waals surface area contributed by atoms with Crippen LogP contribution in [0.15, 0.2) is 29.4 Å². The first kappa shape index (κ1) is 21.0. The standard InChI is InChI=1S/C23H25N7O3/c1-13(26-15-3-4-15)21-18(22(24)32)10-25-23(28-21)27-16-5-6-19-20(9-16)33-12-17-11-29(14(2)31)7-8-30(17)19/h5-6,9-10,15H,3-4,7-8,11-12H2,1-2H3,(H2-,24,25,27,28,32)/p+1. The summed E-state index contributed by atoms with van der Waals surface area (Å²) in [6.45, 7) is 5.87. The van der Waals surface area contributed by atoms with Crippen molar-refractivity contribution in [3.63, 3.8) is 0 Å². The molecule has 1 aromatic carbocycles. The Balaban J connectivity index is 1.40. The Morgan fingerprint density at radius 1 is 1.30 bits per heavy atom. The Morgan fingerprint density at radius 2 is 2.12 bits per heavy atom. The van der Waals surface area contributed by atoms with E-state index in [4.69, 9.17) is 10.5 Å². The van der Waals surface area contributed by atoms with Gasteiger partial charge in [0.25, 0.3) is 5.91 Å². The highest BCUT2D eigenvalue weighted by Gasteiger charge is 2.34. The third-order valence-corrected chi connectivity index (χ3v) is 6.01. The second-order valence-electron chi connectivity index (χ2n) is 8.52. The first-order valence-corrected chi connectivity index (χ1v) is 11.0. The number of anilines is 2. The fourth-order valence-electron chi connectivity index (χ4n) is 4.10. The molecule has 0 spiro atoms. The van der Waals surface area contributed by atoms with Crippen LogP contribution in [0.2, 0.25) is 0 Å². The normalized spacial score (nSPS) is 17.8. The van der Waals surface area contributed by atoms with Crippen LogP contribution < -0.4 is 15.8 Å². The number of hydrogen-bond acceptors (Lipinski definition) is 7. The van der Waals surface area contributed by atoms with Gasteiger partial charge in [-0.1, -0.05) is 0 Å². The lowest BCUT2D eigenvalue weighted by Crippen LogP contribution is -2.48. The molecule has 1 fully saturated rings. The maximum Gasteiger partial charge on any atom is 0.252 e. The van der Waals surface area contributed by atoms with Gasteiger partial charge in [-0.05, 0) is 25.8 Å². The van der Waals surface area contributed by atoms with Crippen molar-refractivity contribution in [2.45, 2.75) is 32.7 Å². The molecule has 2 amide bonds. The largest absolute Gasteiger partial charge is 0.476 e. The number of nitrogens with one attached hydrogen (secondary N) is 1. The summed E-state index contributed by atoms with van der Waals surface area (Å²) in [5, 5.41) is 3.19. The van der Waals surface area contributed by atoms with Crippen molar-refractivity contribution in [2.24, 2.45) is 10.7 Å². The highest BCUT2D eigenvalue weighted by atomic mass is 16.5. The van der Waals surface area contributed by atoms with Crippen molar-refractivity contribution >= 4 is 40.6 Å². The van der Waals surface area contributed by atoms with Crippen molar-refractivity contribution in [2.75, 3.05) is 31.6 Å². The zero-order valence-corrected chi connectivity index (χ0v) is 18.7. The SMILES string of the molecule is CC(=O)N1CC[N+]2=C(COc3cc(Nc4ncc(C(N)=O)c(C(C)=NC5CC5)n4)ccc32)C1. The smallest absolute Gasteiger partial charge is 0.252 e. The van der Waals surface area contributed by atoms with E-state index in [-0.39, 0.29) is 11.5 Å². The monoisotopic (exact) mass is 448 g/mol. The number of ether oxygens (including phenoxy) is 1. The number of aromatic nitrogens is 2. The van der Waals surface area contributed by atoms with Crippen LogP contribution in [0.3, 0.4) is 0 Å². The lowest BCUT2D eigenvalue weighted by molar-refractivity contribution is -0.453. The number of primary amides is 1. The van der Waals surface area contributed by atoms with Crippen LogP contribution in [0.4, 0.5) is 17.3 Å². The molecule has 1 aromatic heterocycles. The van der Waals surface area contributed by atoms with Gasteiger partial charge in [0.05, 0.1) is 23.9 Å². The minimum atomic E-state index is -0.582. The van der Waals surface area contributed by atoms with Gasteiger partial charge in [0.1, 0.15) is 12.2 Å². The van der Waals surface area contributed by atoms with Gasteiger partial charge < -0.3 is 20.7 Å². The van der Waals surface area contributed by atoms with Gasteiger partial charge >= 0.3 is 0 Å². The number of benzene rings is 1. The van der Waals surface area contributed by atoms with Crippen molar-refractivity contribution in [3.05, 3.63) is 35.7 Å². The van der Waals surface area contributed by atoms with Gasteiger partial charge in [-0.25, -0.2) is 9.97 Å². The molecule has 3 aliphatic rings. The molecule has 170 valence electrons. The highest BCUT2D eigenvalue weighted by molar-refractivity contribution is 6.07. The zero-order valence-electron chi connectivity index (χ0n) is 18.7. The Bertz CT molecular complexity index is 1220. The lowest BCUT2D eigenvalue weighted by atomic mass is 10.1. The van der Waals surface area contributed by atoms with Gasteiger partial charge in [0.15, 0.2) is 18.9 Å². The molecule has 0 radical (unpaired) electrons. The van der Waals surface area contributed by atoms with Gasteiger partial charge in [0, 0.05) is 30.9 Å². The number of nitrogens with two attached hydrogens (primary N) is 1. The zero-order chi connectivity index (χ0) is 23.1. The van der Waals surface area contributed by atoms with E-state index in [2.05, 4.69) is 24.9 Å². The summed E-state index contributed by atoms with van der Waals surface area (Å²) in [7, 11) is 0. The van der Waals surface area contributed by atoms with Crippen LogP contribution >= 0.6 is 0 Å². The van der Waals surface area contributed by atoms with E-state index in [9.17, 15) is 9.59 Å². The summed E-state index contributed by atoms with van der Waals surface area (Å²) in [5.41, 5.74) is 9.71. The molecule has 2 aromatic rings. The van der Waals surface area contributed by atoms with E-state index in [0.29, 0.717) is 43.1 Å². The number of carbonyl (C=O) groups is 2. The summed E-state index contributed by atoms with van der Waals surface area (Å²) in [6, 6.07) is 6.12. The molecule has 0 unspecified atom stereocenters. The minimum Gasteiger partial charge on any atom is -0.476 e. The number of aliphatic imine (C=N–C) groups is 1. The van der Waals surface area contributed by atoms with Gasteiger partial charge in [0.2, 0.25) is 23.3 Å². The summed E-state index contributed by atoms with van der Waals surface area (Å²) in [5.74, 6) is 0.589. The van der Waals surface area contributed by atoms with E-state index in [0.717, 1.165) is 42.2 Å². The summed E-state index contributed by atoms with van der Waals surface area (Å²) < 4.78 is 8.20. The van der Waals surface area contributed by atoms with Crippen LogP contribution in [0.1, 0.15) is 42.7 Å². The fourth-order valence-corrected chi connectivity index (χ4v) is 4.10.